The predicted octanol–water partition coefficient (Wildman–Crippen LogP) is 3.28. The Morgan fingerprint density at radius 3 is 2.27 bits per heavy atom. The highest BCUT2D eigenvalue weighted by Crippen LogP contribution is 2.30. The van der Waals surface area contributed by atoms with Gasteiger partial charge in [-0.25, -0.2) is 4.79 Å². The number of hydrogen-bond donors (Lipinski definition) is 0. The van der Waals surface area contributed by atoms with Crippen molar-refractivity contribution in [2.45, 2.75) is 45.8 Å². The quantitative estimate of drug-likeness (QED) is 0.801. The van der Waals surface area contributed by atoms with Crippen LogP contribution in [0.3, 0.4) is 0 Å². The van der Waals surface area contributed by atoms with E-state index in [4.69, 9.17) is 9.47 Å². The second-order valence-electron chi connectivity index (χ2n) is 6.49. The first-order valence-electron chi connectivity index (χ1n) is 7.13. The Balaban J connectivity index is 3.20. The first-order valence-corrected chi connectivity index (χ1v) is 7.13. The maximum absolute atomic E-state index is 12.3. The van der Waals surface area contributed by atoms with Crippen LogP contribution in [0.2, 0.25) is 0 Å². The standard InChI is InChI=1S/C17H25NO4/c1-12-8-9-13(10-14(12)21-7)17(5,11-19)18(6)15(20)22-16(2,3)4/h8-11H,1-7H3. The summed E-state index contributed by atoms with van der Waals surface area (Å²) in [7, 11) is 3.12. The average molecular weight is 307 g/mol. The van der Waals surface area contributed by atoms with Crippen molar-refractivity contribution in [3.05, 3.63) is 29.3 Å². The van der Waals surface area contributed by atoms with E-state index in [1.54, 1.807) is 47.9 Å². The Morgan fingerprint density at radius 2 is 1.82 bits per heavy atom. The van der Waals surface area contributed by atoms with E-state index in [1.165, 1.54) is 4.90 Å². The van der Waals surface area contributed by atoms with Crippen molar-refractivity contribution in [3.8, 4) is 5.75 Å². The van der Waals surface area contributed by atoms with Crippen molar-refractivity contribution in [1.82, 2.24) is 4.90 Å². The lowest BCUT2D eigenvalue weighted by atomic mass is 9.91. The molecule has 5 nitrogen and oxygen atoms in total. The number of nitrogens with zero attached hydrogens (tertiary/aromatic N) is 1. The van der Waals surface area contributed by atoms with Crippen LogP contribution in [0, 0.1) is 6.92 Å². The zero-order valence-corrected chi connectivity index (χ0v) is 14.4. The van der Waals surface area contributed by atoms with Crippen LogP contribution in [0.5, 0.6) is 5.75 Å². The summed E-state index contributed by atoms with van der Waals surface area (Å²) < 4.78 is 10.6. The first-order chi connectivity index (χ1) is 10.0. The summed E-state index contributed by atoms with van der Waals surface area (Å²) in [5, 5.41) is 0. The smallest absolute Gasteiger partial charge is 0.411 e. The van der Waals surface area contributed by atoms with E-state index in [0.717, 1.165) is 11.8 Å². The monoisotopic (exact) mass is 307 g/mol. The van der Waals surface area contributed by atoms with Gasteiger partial charge in [0.1, 0.15) is 23.2 Å². The molecule has 0 aliphatic rings. The SMILES string of the molecule is COc1cc(C(C)(C=O)N(C)C(=O)OC(C)(C)C)ccc1C. The molecule has 0 bridgehead atoms. The van der Waals surface area contributed by atoms with Crippen LogP contribution in [0.4, 0.5) is 4.79 Å². The third-order valence-electron chi connectivity index (χ3n) is 3.59. The predicted molar refractivity (Wildman–Crippen MR) is 85.1 cm³/mol. The zero-order valence-electron chi connectivity index (χ0n) is 14.4. The molecule has 0 heterocycles. The average Bonchev–Trinajstić information content (AvgIpc) is 2.44. The molecule has 1 aromatic carbocycles. The molecule has 0 fully saturated rings. The van der Waals surface area contributed by atoms with Gasteiger partial charge in [0.25, 0.3) is 0 Å². The van der Waals surface area contributed by atoms with Gasteiger partial charge in [-0.3, -0.25) is 4.90 Å². The summed E-state index contributed by atoms with van der Waals surface area (Å²) in [5.74, 6) is 0.670. The Kier molecular flexibility index (Phi) is 5.22. The maximum Gasteiger partial charge on any atom is 0.411 e. The second kappa shape index (κ2) is 6.38. The molecule has 0 saturated carbocycles. The molecule has 1 aromatic rings. The van der Waals surface area contributed by atoms with E-state index >= 15 is 0 Å². The Morgan fingerprint density at radius 1 is 1.23 bits per heavy atom. The molecule has 122 valence electrons. The zero-order chi connectivity index (χ0) is 17.1. The molecule has 0 spiro atoms. The number of likely N-dealkylation sites (N-methyl/N-ethyl adjacent to an activating group) is 1. The van der Waals surface area contributed by atoms with Crippen LogP contribution in [-0.2, 0) is 15.1 Å². The fraction of sp³-hybridized carbons (Fsp3) is 0.529. The molecule has 1 unspecified atom stereocenters. The molecule has 0 aliphatic carbocycles. The molecule has 0 saturated heterocycles. The summed E-state index contributed by atoms with van der Waals surface area (Å²) in [4.78, 5) is 25.3. The molecular weight excluding hydrogens is 282 g/mol. The number of carbonyl (C=O) groups excluding carboxylic acids is 2. The fourth-order valence-corrected chi connectivity index (χ4v) is 2.00. The van der Waals surface area contributed by atoms with E-state index in [9.17, 15) is 9.59 Å². The normalized spacial score (nSPS) is 14.0. The van der Waals surface area contributed by atoms with Gasteiger partial charge in [0, 0.05) is 7.05 Å². The van der Waals surface area contributed by atoms with Gasteiger partial charge < -0.3 is 14.3 Å². The van der Waals surface area contributed by atoms with Crippen molar-refractivity contribution >= 4 is 12.4 Å². The molecule has 1 atom stereocenters. The van der Waals surface area contributed by atoms with E-state index in [-0.39, 0.29) is 0 Å². The number of methoxy groups -OCH3 is 1. The summed E-state index contributed by atoms with van der Waals surface area (Å²) >= 11 is 0. The minimum atomic E-state index is -1.14. The maximum atomic E-state index is 12.3. The number of rotatable bonds is 4. The van der Waals surface area contributed by atoms with Gasteiger partial charge in [-0.2, -0.15) is 0 Å². The van der Waals surface area contributed by atoms with E-state index in [0.29, 0.717) is 11.3 Å². The third-order valence-corrected chi connectivity index (χ3v) is 3.59. The fourth-order valence-electron chi connectivity index (χ4n) is 2.00. The van der Waals surface area contributed by atoms with Crippen LogP contribution in [0.15, 0.2) is 18.2 Å². The summed E-state index contributed by atoms with van der Waals surface area (Å²) in [6.45, 7) is 8.94. The third kappa shape index (κ3) is 3.78. The number of hydrogen-bond acceptors (Lipinski definition) is 4. The van der Waals surface area contributed by atoms with Gasteiger partial charge in [0.05, 0.1) is 7.11 Å². The van der Waals surface area contributed by atoms with Crippen molar-refractivity contribution in [3.63, 3.8) is 0 Å². The summed E-state index contributed by atoms with van der Waals surface area (Å²) in [5.41, 5.74) is -0.138. The number of carbonyl (C=O) groups is 2. The Bertz CT molecular complexity index is 562. The van der Waals surface area contributed by atoms with E-state index in [2.05, 4.69) is 0 Å². The lowest BCUT2D eigenvalue weighted by Gasteiger charge is -2.36. The number of ether oxygens (including phenoxy) is 2. The van der Waals surface area contributed by atoms with Gasteiger partial charge >= 0.3 is 6.09 Å². The van der Waals surface area contributed by atoms with Gasteiger partial charge in [-0.05, 0) is 51.8 Å². The highest BCUT2D eigenvalue weighted by Gasteiger charge is 2.37. The van der Waals surface area contributed by atoms with Crippen molar-refractivity contribution in [2.75, 3.05) is 14.2 Å². The number of benzene rings is 1. The Labute approximate surface area is 132 Å². The molecule has 1 amide bonds. The second-order valence-corrected chi connectivity index (χ2v) is 6.49. The van der Waals surface area contributed by atoms with Crippen LogP contribution in [-0.4, -0.2) is 37.0 Å². The van der Waals surface area contributed by atoms with Crippen molar-refractivity contribution < 1.29 is 19.1 Å². The Hall–Kier alpha value is -2.04. The highest BCUT2D eigenvalue weighted by molar-refractivity contribution is 5.78. The summed E-state index contributed by atoms with van der Waals surface area (Å²) in [6, 6.07) is 5.44. The molecule has 5 heteroatoms. The minimum absolute atomic E-state index is 0.554. The number of aldehydes is 1. The van der Waals surface area contributed by atoms with Crippen LogP contribution < -0.4 is 4.74 Å². The molecule has 22 heavy (non-hydrogen) atoms. The van der Waals surface area contributed by atoms with Gasteiger partial charge in [0.2, 0.25) is 0 Å². The van der Waals surface area contributed by atoms with Crippen molar-refractivity contribution in [2.24, 2.45) is 0 Å². The lowest BCUT2D eigenvalue weighted by Crippen LogP contribution is -2.48. The lowest BCUT2D eigenvalue weighted by molar-refractivity contribution is -0.117. The first kappa shape index (κ1) is 18.0. The van der Waals surface area contributed by atoms with Gasteiger partial charge in [0.15, 0.2) is 0 Å². The summed E-state index contributed by atoms with van der Waals surface area (Å²) in [6.07, 6.45) is 0.183. The van der Waals surface area contributed by atoms with E-state index < -0.39 is 17.2 Å². The van der Waals surface area contributed by atoms with E-state index in [1.807, 2.05) is 19.1 Å². The topological polar surface area (TPSA) is 55.8 Å². The number of amides is 1. The molecule has 1 rings (SSSR count). The molecule has 0 aromatic heterocycles. The minimum Gasteiger partial charge on any atom is -0.496 e. The molecule has 0 N–H and O–H groups in total. The van der Waals surface area contributed by atoms with Crippen molar-refractivity contribution in [1.29, 1.82) is 0 Å². The van der Waals surface area contributed by atoms with Gasteiger partial charge in [-0.15, -0.1) is 0 Å². The van der Waals surface area contributed by atoms with Crippen LogP contribution in [0.25, 0.3) is 0 Å². The van der Waals surface area contributed by atoms with Crippen LogP contribution >= 0.6 is 0 Å². The molecule has 0 aliphatic heterocycles. The molecular formula is C17H25NO4. The van der Waals surface area contributed by atoms with Crippen LogP contribution in [0.1, 0.15) is 38.8 Å². The highest BCUT2D eigenvalue weighted by atomic mass is 16.6. The molecule has 0 radical (unpaired) electrons. The largest absolute Gasteiger partial charge is 0.496 e. The number of aryl methyl sites for hydroxylation is 1. The van der Waals surface area contributed by atoms with Gasteiger partial charge in [-0.1, -0.05) is 12.1 Å².